The van der Waals surface area contributed by atoms with Gasteiger partial charge in [0.05, 0.1) is 27.9 Å². The van der Waals surface area contributed by atoms with E-state index in [1.54, 1.807) is 97.0 Å². The third kappa shape index (κ3) is 12.0. The summed E-state index contributed by atoms with van der Waals surface area (Å²) in [6.45, 7) is 13.7. The van der Waals surface area contributed by atoms with Crippen molar-refractivity contribution in [1.82, 2.24) is 20.2 Å². The van der Waals surface area contributed by atoms with Crippen molar-refractivity contribution in [3.8, 4) is 5.69 Å². The molecule has 322 valence electrons. The van der Waals surface area contributed by atoms with Gasteiger partial charge in [-0.2, -0.15) is 0 Å². The van der Waals surface area contributed by atoms with E-state index in [0.717, 1.165) is 18.2 Å². The van der Waals surface area contributed by atoms with Crippen LogP contribution in [0.3, 0.4) is 0 Å². The molecular weight excluding hydrogens is 795 g/mol. The van der Waals surface area contributed by atoms with E-state index in [1.807, 2.05) is 13.0 Å². The highest BCUT2D eigenvalue weighted by molar-refractivity contribution is 6.23. The van der Waals surface area contributed by atoms with E-state index in [0.29, 0.717) is 22.8 Å². The highest BCUT2D eigenvalue weighted by Gasteiger charge is 2.36. The van der Waals surface area contributed by atoms with Crippen molar-refractivity contribution in [2.75, 3.05) is 4.90 Å². The fraction of sp³-hybridized carbons (Fsp3) is 0.318. The molecule has 17 heteroatoms. The van der Waals surface area contributed by atoms with Crippen molar-refractivity contribution in [2.45, 2.75) is 91.5 Å². The maximum Gasteiger partial charge on any atom is 0.408 e. The van der Waals surface area contributed by atoms with Gasteiger partial charge in [0.25, 0.3) is 23.1 Å². The summed E-state index contributed by atoms with van der Waals surface area (Å²) in [5.41, 5.74) is -2.83. The molecule has 61 heavy (non-hydrogen) atoms. The van der Waals surface area contributed by atoms with E-state index in [2.05, 4.69) is 15.6 Å². The Bertz CT molecular complexity index is 2450. The number of rotatable bonds is 10. The molecule has 0 aliphatic carbocycles. The number of halogens is 2. The molecule has 0 saturated carbocycles. The van der Waals surface area contributed by atoms with Gasteiger partial charge in [0.15, 0.2) is 5.56 Å². The average Bonchev–Trinajstić information content (AvgIpc) is 3.18. The predicted molar refractivity (Wildman–Crippen MR) is 224 cm³/mol. The lowest BCUT2D eigenvalue weighted by atomic mass is 10.1. The molecule has 2 atom stereocenters. The first-order chi connectivity index (χ1) is 28.7. The number of nitro benzene ring substituents is 1. The van der Waals surface area contributed by atoms with E-state index in [-0.39, 0.29) is 23.0 Å². The number of alkyl carbamates (subject to hydrolysis) is 2. The van der Waals surface area contributed by atoms with Crippen molar-refractivity contribution in [3.05, 3.63) is 141 Å². The van der Waals surface area contributed by atoms with Crippen molar-refractivity contribution in [3.63, 3.8) is 0 Å². The zero-order chi connectivity index (χ0) is 45.2. The fourth-order valence-corrected chi connectivity index (χ4v) is 5.92. The Balaban J connectivity index is 0.000000270. The number of ether oxygens (including phenoxy) is 2. The first-order valence-corrected chi connectivity index (χ1v) is 19.3. The molecule has 5 rings (SSSR count). The maximum absolute atomic E-state index is 14.5. The summed E-state index contributed by atoms with van der Waals surface area (Å²) in [7, 11) is 0. The van der Waals surface area contributed by atoms with Gasteiger partial charge in [0.1, 0.15) is 40.1 Å². The van der Waals surface area contributed by atoms with E-state index in [1.165, 1.54) is 28.8 Å². The molecule has 4 aromatic carbocycles. The van der Waals surface area contributed by atoms with Gasteiger partial charge < -0.3 is 20.1 Å². The lowest BCUT2D eigenvalue weighted by Crippen LogP contribution is -2.51. The number of benzene rings is 4. The van der Waals surface area contributed by atoms with E-state index in [9.17, 15) is 42.9 Å². The predicted octanol–water partition coefficient (Wildman–Crippen LogP) is 8.71. The van der Waals surface area contributed by atoms with Gasteiger partial charge in [-0.05, 0) is 96.8 Å². The summed E-state index contributed by atoms with van der Waals surface area (Å²) < 4.78 is 40.8. The van der Waals surface area contributed by atoms with Gasteiger partial charge in [0.2, 0.25) is 0 Å². The normalized spacial score (nSPS) is 12.2. The standard InChI is InChI=1S/C22H24FN3O6.C22H24FN3O3/c1-5-16(24-21(29)32-22(2,3)4)19(27)25(14-10-7-6-8-11-14)20(28)18-15(23)12-9-13-17(18)26(30)31;1-5-16(25-21(28)29-22(2,3)4)19-24-17-13-9-12-15(23)18(17)20(27)26(19)14-10-7-6-8-11-14/h6-13,16H,5H2,1-4H3,(H,24,29);6-13,16H,5H2,1-4H3,(H,25,28)/t2*16-/m00/s1. The number of hydrogen-bond acceptors (Lipinski definition) is 10. The molecule has 5 aromatic rings. The van der Waals surface area contributed by atoms with Crippen molar-refractivity contribution in [1.29, 1.82) is 0 Å². The van der Waals surface area contributed by atoms with Gasteiger partial charge in [-0.3, -0.25) is 29.1 Å². The summed E-state index contributed by atoms with van der Waals surface area (Å²) in [5.74, 6) is -3.59. The van der Waals surface area contributed by atoms with Crippen LogP contribution in [-0.4, -0.2) is 55.7 Å². The number of nitrogens with zero attached hydrogens (tertiary/aromatic N) is 4. The monoisotopic (exact) mass is 842 g/mol. The number of carbonyl (C=O) groups is 4. The molecule has 1 heterocycles. The van der Waals surface area contributed by atoms with Gasteiger partial charge in [-0.25, -0.2) is 28.3 Å². The van der Waals surface area contributed by atoms with Crippen LogP contribution < -0.4 is 21.1 Å². The summed E-state index contributed by atoms with van der Waals surface area (Å²) in [6, 6.07) is 21.9. The molecule has 0 unspecified atom stereocenters. The molecule has 0 aliphatic rings. The minimum atomic E-state index is -1.23. The lowest BCUT2D eigenvalue weighted by molar-refractivity contribution is -0.385. The number of para-hydroxylation sites is 2. The highest BCUT2D eigenvalue weighted by atomic mass is 19.1. The number of fused-ring (bicyclic) bond motifs is 1. The first-order valence-electron chi connectivity index (χ1n) is 19.3. The highest BCUT2D eigenvalue weighted by Crippen LogP contribution is 2.27. The second-order valence-corrected chi connectivity index (χ2v) is 15.5. The Morgan fingerprint density at radius 3 is 1.85 bits per heavy atom. The van der Waals surface area contributed by atoms with Gasteiger partial charge in [0, 0.05) is 6.07 Å². The Labute approximate surface area is 350 Å². The molecule has 0 saturated heterocycles. The number of imide groups is 1. The molecule has 0 fully saturated rings. The molecule has 0 radical (unpaired) electrons. The first kappa shape index (κ1) is 46.6. The fourth-order valence-electron chi connectivity index (χ4n) is 5.92. The SMILES string of the molecule is CC[C@H](NC(=O)OC(C)(C)C)C(=O)N(C(=O)c1c(F)cccc1[N+](=O)[O-])c1ccccc1.CC[C@H](NC(=O)OC(C)(C)C)c1nc2cccc(F)c2c(=O)n1-c1ccccc1. The number of nitrogens with one attached hydrogen (secondary N) is 2. The van der Waals surface area contributed by atoms with Crippen LogP contribution in [0.2, 0.25) is 0 Å². The number of carbonyl (C=O) groups excluding carboxylic acids is 4. The molecule has 0 aliphatic heterocycles. The third-order valence-electron chi connectivity index (χ3n) is 8.54. The maximum atomic E-state index is 14.5. The minimum Gasteiger partial charge on any atom is -0.444 e. The second kappa shape index (κ2) is 19.8. The Hall–Kier alpha value is -7.04. The van der Waals surface area contributed by atoms with Crippen LogP contribution >= 0.6 is 0 Å². The van der Waals surface area contributed by atoms with Gasteiger partial charge in [-0.15, -0.1) is 0 Å². The van der Waals surface area contributed by atoms with Crippen LogP contribution in [-0.2, 0) is 14.3 Å². The van der Waals surface area contributed by atoms with Gasteiger partial charge in [-0.1, -0.05) is 62.4 Å². The molecular formula is C44H48F2N6O9. The number of nitro groups is 1. The van der Waals surface area contributed by atoms with Crippen molar-refractivity contribution >= 4 is 46.3 Å². The molecule has 0 spiro atoms. The van der Waals surface area contributed by atoms with Crippen LogP contribution in [0, 0.1) is 21.7 Å². The topological polar surface area (TPSA) is 192 Å². The zero-order valence-corrected chi connectivity index (χ0v) is 35.0. The smallest absolute Gasteiger partial charge is 0.408 e. The summed E-state index contributed by atoms with van der Waals surface area (Å²) >= 11 is 0. The Morgan fingerprint density at radius 1 is 0.770 bits per heavy atom. The Morgan fingerprint density at radius 2 is 1.31 bits per heavy atom. The van der Waals surface area contributed by atoms with E-state index in [4.69, 9.17) is 9.47 Å². The zero-order valence-electron chi connectivity index (χ0n) is 35.0. The largest absolute Gasteiger partial charge is 0.444 e. The van der Waals surface area contributed by atoms with E-state index < -0.39 is 80.7 Å². The molecule has 2 N–H and O–H groups in total. The number of amides is 4. The van der Waals surface area contributed by atoms with Crippen LogP contribution in [0.25, 0.3) is 16.6 Å². The molecule has 4 amide bonds. The summed E-state index contributed by atoms with van der Waals surface area (Å²) in [6.07, 6.45) is -0.958. The third-order valence-corrected chi connectivity index (χ3v) is 8.54. The van der Waals surface area contributed by atoms with Crippen LogP contribution in [0.5, 0.6) is 0 Å². The van der Waals surface area contributed by atoms with Crippen LogP contribution in [0.15, 0.2) is 102 Å². The minimum absolute atomic E-state index is 0.0597. The molecule has 0 bridgehead atoms. The molecule has 15 nitrogen and oxygen atoms in total. The summed E-state index contributed by atoms with van der Waals surface area (Å²) in [4.78, 5) is 80.0. The molecule has 1 aromatic heterocycles. The Kier molecular flexibility index (Phi) is 15.1. The van der Waals surface area contributed by atoms with Crippen molar-refractivity contribution in [2.24, 2.45) is 0 Å². The lowest BCUT2D eigenvalue weighted by Gasteiger charge is -2.27. The van der Waals surface area contributed by atoms with Crippen LogP contribution in [0.4, 0.5) is 29.7 Å². The number of aromatic nitrogens is 2. The summed E-state index contributed by atoms with van der Waals surface area (Å²) in [5, 5.41) is 16.5. The second-order valence-electron chi connectivity index (χ2n) is 15.5. The van der Waals surface area contributed by atoms with Gasteiger partial charge >= 0.3 is 12.2 Å². The number of hydrogen-bond donors (Lipinski definition) is 2. The quantitative estimate of drug-likeness (QED) is 0.102. The van der Waals surface area contributed by atoms with Crippen LogP contribution in [0.1, 0.15) is 90.5 Å². The van der Waals surface area contributed by atoms with Crippen molar-refractivity contribution < 1.29 is 42.4 Å². The average molecular weight is 843 g/mol. The number of anilines is 1. The van der Waals surface area contributed by atoms with E-state index >= 15 is 0 Å².